The summed E-state index contributed by atoms with van der Waals surface area (Å²) in [5.74, 6) is 0.142. The van der Waals surface area contributed by atoms with Crippen molar-refractivity contribution in [3.63, 3.8) is 0 Å². The Bertz CT molecular complexity index is 706. The minimum atomic E-state index is 0.0338. The highest BCUT2D eigenvalue weighted by molar-refractivity contribution is 5.79. The first-order valence-corrected chi connectivity index (χ1v) is 8.55. The van der Waals surface area contributed by atoms with Crippen molar-refractivity contribution in [3.05, 3.63) is 60.2 Å². The Morgan fingerprint density at radius 2 is 1.88 bits per heavy atom. The minimum absolute atomic E-state index is 0.0338. The van der Waals surface area contributed by atoms with Gasteiger partial charge in [0, 0.05) is 56.8 Å². The molecule has 1 atom stereocenters. The maximum atomic E-state index is 12.8. The molecule has 1 N–H and O–H groups in total. The fourth-order valence-electron chi connectivity index (χ4n) is 3.00. The van der Waals surface area contributed by atoms with Crippen molar-refractivity contribution in [2.75, 3.05) is 6.54 Å². The lowest BCUT2D eigenvalue weighted by molar-refractivity contribution is -0.132. The summed E-state index contributed by atoms with van der Waals surface area (Å²) in [5.41, 5.74) is 2.04. The molecule has 1 saturated heterocycles. The van der Waals surface area contributed by atoms with Gasteiger partial charge in [-0.25, -0.2) is 0 Å². The second kappa shape index (κ2) is 8.37. The molecule has 25 heavy (non-hydrogen) atoms. The number of carbonyl (C=O) groups excluding carboxylic acids is 2. The van der Waals surface area contributed by atoms with Gasteiger partial charge >= 0.3 is 0 Å². The van der Waals surface area contributed by atoms with Crippen LogP contribution in [0.25, 0.3) is 0 Å². The van der Waals surface area contributed by atoms with Crippen LogP contribution in [-0.2, 0) is 22.6 Å². The molecule has 6 nitrogen and oxygen atoms in total. The fraction of sp³-hybridized carbons (Fsp3) is 0.368. The van der Waals surface area contributed by atoms with E-state index in [0.717, 1.165) is 17.5 Å². The van der Waals surface area contributed by atoms with Crippen LogP contribution in [0.1, 0.15) is 30.4 Å². The molecule has 3 heterocycles. The number of nitrogens with zero attached hydrogens (tertiary/aromatic N) is 3. The lowest BCUT2D eigenvalue weighted by Crippen LogP contribution is -2.41. The lowest BCUT2D eigenvalue weighted by atomic mass is 10.1. The first-order chi connectivity index (χ1) is 12.2. The average molecular weight is 338 g/mol. The Labute approximate surface area is 147 Å². The van der Waals surface area contributed by atoms with Crippen LogP contribution in [0.5, 0.6) is 0 Å². The second-order valence-electron chi connectivity index (χ2n) is 6.30. The summed E-state index contributed by atoms with van der Waals surface area (Å²) in [7, 11) is 0. The molecular formula is C19H22N4O2. The zero-order valence-corrected chi connectivity index (χ0v) is 14.1. The minimum Gasteiger partial charge on any atom is -0.352 e. The van der Waals surface area contributed by atoms with Crippen molar-refractivity contribution in [3.8, 4) is 0 Å². The third-order valence-corrected chi connectivity index (χ3v) is 4.33. The first-order valence-electron chi connectivity index (χ1n) is 8.55. The van der Waals surface area contributed by atoms with E-state index in [4.69, 9.17) is 0 Å². The van der Waals surface area contributed by atoms with E-state index in [1.807, 2.05) is 29.2 Å². The number of carbonyl (C=O) groups is 2. The maximum Gasteiger partial charge on any atom is 0.223 e. The lowest BCUT2D eigenvalue weighted by Gasteiger charge is -2.26. The van der Waals surface area contributed by atoms with Gasteiger partial charge in [-0.05, 0) is 36.1 Å². The van der Waals surface area contributed by atoms with Crippen molar-refractivity contribution < 1.29 is 9.59 Å². The zero-order valence-electron chi connectivity index (χ0n) is 14.1. The second-order valence-corrected chi connectivity index (χ2v) is 6.30. The van der Waals surface area contributed by atoms with Crippen LogP contribution in [0.4, 0.5) is 0 Å². The van der Waals surface area contributed by atoms with Gasteiger partial charge in [-0.15, -0.1) is 0 Å². The molecular weight excluding hydrogens is 316 g/mol. The zero-order chi connectivity index (χ0) is 17.5. The number of hydrogen-bond donors (Lipinski definition) is 1. The predicted octanol–water partition coefficient (Wildman–Crippen LogP) is 1.72. The molecule has 0 radical (unpaired) electrons. The molecule has 0 bridgehead atoms. The summed E-state index contributed by atoms with van der Waals surface area (Å²) < 4.78 is 0. The number of nitrogens with one attached hydrogen (secondary N) is 1. The first kappa shape index (κ1) is 17.1. The molecule has 0 saturated carbocycles. The highest BCUT2D eigenvalue weighted by Gasteiger charge is 2.25. The average Bonchev–Trinajstić information content (AvgIpc) is 3.06. The van der Waals surface area contributed by atoms with Crippen LogP contribution in [0, 0.1) is 0 Å². The predicted molar refractivity (Wildman–Crippen MR) is 93.4 cm³/mol. The Balaban J connectivity index is 1.63. The van der Waals surface area contributed by atoms with Crippen LogP contribution in [0.15, 0.2) is 49.1 Å². The smallest absolute Gasteiger partial charge is 0.223 e. The largest absolute Gasteiger partial charge is 0.352 e. The van der Waals surface area contributed by atoms with Crippen molar-refractivity contribution >= 4 is 11.8 Å². The standard InChI is InChI=1S/C19H22N4O2/c24-18-7-6-17(22-18)14-23(13-16-4-2-10-21-12-16)19(25)8-5-15-3-1-9-20-11-15/h1-4,9-12,17H,5-8,13-14H2,(H,22,24)/t17-/m0/s1. The summed E-state index contributed by atoms with van der Waals surface area (Å²) in [6, 6.07) is 7.71. The molecule has 0 spiro atoms. The van der Waals surface area contributed by atoms with Crippen molar-refractivity contribution in [2.45, 2.75) is 38.3 Å². The summed E-state index contributed by atoms with van der Waals surface area (Å²) >= 11 is 0. The summed E-state index contributed by atoms with van der Waals surface area (Å²) in [5, 5.41) is 2.94. The Kier molecular flexibility index (Phi) is 5.72. The van der Waals surface area contributed by atoms with E-state index in [2.05, 4.69) is 15.3 Å². The molecule has 6 heteroatoms. The Hall–Kier alpha value is -2.76. The normalized spacial score (nSPS) is 16.5. The third-order valence-electron chi connectivity index (χ3n) is 4.33. The fourth-order valence-corrected chi connectivity index (χ4v) is 3.00. The molecule has 130 valence electrons. The topological polar surface area (TPSA) is 75.2 Å². The molecule has 3 rings (SSSR count). The Morgan fingerprint density at radius 1 is 1.16 bits per heavy atom. The van der Waals surface area contributed by atoms with E-state index in [1.165, 1.54) is 0 Å². The summed E-state index contributed by atoms with van der Waals surface area (Å²) in [4.78, 5) is 34.2. The molecule has 0 aromatic carbocycles. The molecule has 0 aliphatic carbocycles. The van der Waals surface area contributed by atoms with Crippen LogP contribution in [0.2, 0.25) is 0 Å². The van der Waals surface area contributed by atoms with Gasteiger partial charge in [-0.1, -0.05) is 12.1 Å². The molecule has 0 unspecified atom stereocenters. The van der Waals surface area contributed by atoms with E-state index in [9.17, 15) is 9.59 Å². The number of aryl methyl sites for hydroxylation is 1. The van der Waals surface area contributed by atoms with E-state index in [0.29, 0.717) is 32.4 Å². The van der Waals surface area contributed by atoms with Gasteiger partial charge in [0.15, 0.2) is 0 Å². The highest BCUT2D eigenvalue weighted by atomic mass is 16.2. The molecule has 1 aliphatic rings. The van der Waals surface area contributed by atoms with Crippen molar-refractivity contribution in [1.82, 2.24) is 20.2 Å². The highest BCUT2D eigenvalue weighted by Crippen LogP contribution is 2.13. The van der Waals surface area contributed by atoms with Gasteiger partial charge in [0.25, 0.3) is 0 Å². The third kappa shape index (κ3) is 5.11. The molecule has 1 aliphatic heterocycles. The van der Waals surface area contributed by atoms with Gasteiger partial charge in [0.1, 0.15) is 0 Å². The van der Waals surface area contributed by atoms with Crippen LogP contribution in [0.3, 0.4) is 0 Å². The van der Waals surface area contributed by atoms with E-state index < -0.39 is 0 Å². The number of rotatable bonds is 7. The number of amides is 2. The maximum absolute atomic E-state index is 12.8. The van der Waals surface area contributed by atoms with Gasteiger partial charge in [-0.2, -0.15) is 0 Å². The molecule has 2 aromatic rings. The van der Waals surface area contributed by atoms with E-state index in [1.54, 1.807) is 24.8 Å². The molecule has 1 fully saturated rings. The van der Waals surface area contributed by atoms with Crippen LogP contribution < -0.4 is 5.32 Å². The van der Waals surface area contributed by atoms with Gasteiger partial charge in [0.2, 0.25) is 11.8 Å². The van der Waals surface area contributed by atoms with Gasteiger partial charge < -0.3 is 10.2 Å². The molecule has 2 amide bonds. The van der Waals surface area contributed by atoms with Crippen molar-refractivity contribution in [1.29, 1.82) is 0 Å². The van der Waals surface area contributed by atoms with Gasteiger partial charge in [0.05, 0.1) is 0 Å². The monoisotopic (exact) mass is 338 g/mol. The van der Waals surface area contributed by atoms with Crippen LogP contribution in [-0.4, -0.2) is 39.3 Å². The number of aromatic nitrogens is 2. The van der Waals surface area contributed by atoms with E-state index in [-0.39, 0.29) is 17.9 Å². The van der Waals surface area contributed by atoms with Crippen LogP contribution >= 0.6 is 0 Å². The number of hydrogen-bond acceptors (Lipinski definition) is 4. The quantitative estimate of drug-likeness (QED) is 0.834. The molecule has 2 aromatic heterocycles. The summed E-state index contributed by atoms with van der Waals surface area (Å²) in [6.45, 7) is 1.04. The Morgan fingerprint density at radius 3 is 2.48 bits per heavy atom. The SMILES string of the molecule is O=C1CC[C@@H](CN(Cc2cccnc2)C(=O)CCc2cccnc2)N1. The van der Waals surface area contributed by atoms with Crippen molar-refractivity contribution in [2.24, 2.45) is 0 Å². The summed E-state index contributed by atoms with van der Waals surface area (Å²) in [6.07, 6.45) is 9.40. The number of pyridine rings is 2. The van der Waals surface area contributed by atoms with E-state index >= 15 is 0 Å². The van der Waals surface area contributed by atoms with Gasteiger partial charge in [-0.3, -0.25) is 19.6 Å².